The first kappa shape index (κ1) is 8.70. The van der Waals surface area contributed by atoms with Crippen LogP contribution in [0.5, 0.6) is 0 Å². The smallest absolute Gasteiger partial charge is 0.0249 e. The fourth-order valence-corrected chi connectivity index (χ4v) is 0.810. The molecule has 1 nitrogen and oxygen atoms in total. The van der Waals surface area contributed by atoms with Gasteiger partial charge in [-0.25, -0.2) is 0 Å². The molecule has 1 N–H and O–H groups in total. The van der Waals surface area contributed by atoms with E-state index in [9.17, 15) is 0 Å². The summed E-state index contributed by atoms with van der Waals surface area (Å²) in [6, 6.07) is 0.569. The van der Waals surface area contributed by atoms with E-state index < -0.39 is 0 Å². The average Bonchev–Trinajstić information content (AvgIpc) is 2.23. The van der Waals surface area contributed by atoms with E-state index in [4.69, 9.17) is 0 Å². The number of nitrogens with one attached hydrogen (secondary N) is 1. The third kappa shape index (κ3) is 2.66. The molecule has 0 bridgehead atoms. The van der Waals surface area contributed by atoms with Crippen LogP contribution in [-0.2, 0) is 0 Å². The normalized spacial score (nSPS) is 25.2. The van der Waals surface area contributed by atoms with E-state index in [1.807, 2.05) is 13.8 Å². The van der Waals surface area contributed by atoms with Gasteiger partial charge in [-0.2, -0.15) is 0 Å². The highest BCUT2D eigenvalue weighted by molar-refractivity contribution is 5.08. The lowest BCUT2D eigenvalue weighted by molar-refractivity contribution is 0.721. The summed E-state index contributed by atoms with van der Waals surface area (Å²) < 4.78 is 0. The van der Waals surface area contributed by atoms with Crippen LogP contribution < -0.4 is 5.32 Å². The molecule has 0 radical (unpaired) electrons. The lowest BCUT2D eigenvalue weighted by Gasteiger charge is -1.99. The zero-order valence-corrected chi connectivity index (χ0v) is 6.70. The molecule has 0 aromatic carbocycles. The Balaban J connectivity index is 0.000000291. The van der Waals surface area contributed by atoms with Gasteiger partial charge in [0.15, 0.2) is 0 Å². The maximum Gasteiger partial charge on any atom is 0.0249 e. The third-order valence-electron chi connectivity index (χ3n) is 1.51. The van der Waals surface area contributed by atoms with Crippen molar-refractivity contribution in [3.8, 4) is 0 Å². The highest BCUT2D eigenvalue weighted by Crippen LogP contribution is 2.09. The van der Waals surface area contributed by atoms with Crippen LogP contribution in [0.4, 0.5) is 0 Å². The van der Waals surface area contributed by atoms with Gasteiger partial charge in [-0.1, -0.05) is 26.0 Å². The van der Waals surface area contributed by atoms with Crippen molar-refractivity contribution in [3.63, 3.8) is 0 Å². The van der Waals surface area contributed by atoms with E-state index in [2.05, 4.69) is 18.8 Å². The summed E-state index contributed by atoms with van der Waals surface area (Å²) in [6.45, 7) is 11.1. The average molecular weight is 127 g/mol. The van der Waals surface area contributed by atoms with Gasteiger partial charge >= 0.3 is 0 Å². The van der Waals surface area contributed by atoms with Gasteiger partial charge in [0, 0.05) is 6.04 Å². The summed E-state index contributed by atoms with van der Waals surface area (Å²) in [7, 11) is 0. The minimum Gasteiger partial charge on any atom is -0.310 e. The van der Waals surface area contributed by atoms with E-state index in [1.165, 1.54) is 12.0 Å². The van der Waals surface area contributed by atoms with Crippen molar-refractivity contribution in [2.45, 2.75) is 33.2 Å². The van der Waals surface area contributed by atoms with Crippen LogP contribution in [0, 0.1) is 0 Å². The SMILES string of the molecule is C=C1CCNC1C.CC. The van der Waals surface area contributed by atoms with Crippen molar-refractivity contribution in [2.75, 3.05) is 6.54 Å². The lowest BCUT2D eigenvalue weighted by Crippen LogP contribution is -2.17. The molecule has 1 saturated heterocycles. The zero-order valence-electron chi connectivity index (χ0n) is 6.70. The van der Waals surface area contributed by atoms with E-state index in [1.54, 1.807) is 0 Å². The van der Waals surface area contributed by atoms with Crippen LogP contribution in [-0.4, -0.2) is 12.6 Å². The summed E-state index contributed by atoms with van der Waals surface area (Å²) in [5, 5.41) is 3.27. The molecule has 1 heterocycles. The predicted octanol–water partition coefficient (Wildman–Crippen LogP) is 1.95. The van der Waals surface area contributed by atoms with Crippen molar-refractivity contribution in [2.24, 2.45) is 0 Å². The first-order valence-electron chi connectivity index (χ1n) is 3.72. The van der Waals surface area contributed by atoms with Crippen molar-refractivity contribution in [1.82, 2.24) is 5.32 Å². The van der Waals surface area contributed by atoms with E-state index in [0.29, 0.717) is 6.04 Å². The van der Waals surface area contributed by atoms with Gasteiger partial charge in [0.2, 0.25) is 0 Å². The molecule has 0 amide bonds. The molecule has 1 aliphatic rings. The summed E-state index contributed by atoms with van der Waals surface area (Å²) in [6.07, 6.45) is 1.17. The molecule has 0 aliphatic carbocycles. The minimum atomic E-state index is 0.569. The zero-order chi connectivity index (χ0) is 7.28. The van der Waals surface area contributed by atoms with Gasteiger partial charge in [-0.05, 0) is 19.9 Å². The van der Waals surface area contributed by atoms with Gasteiger partial charge in [-0.3, -0.25) is 0 Å². The quantitative estimate of drug-likeness (QED) is 0.490. The van der Waals surface area contributed by atoms with Gasteiger partial charge in [0.05, 0.1) is 0 Å². The molecule has 1 rings (SSSR count). The molecule has 9 heavy (non-hydrogen) atoms. The Hall–Kier alpha value is -0.300. The molecule has 1 fully saturated rings. The summed E-state index contributed by atoms with van der Waals surface area (Å²) in [5.74, 6) is 0. The molecule has 1 aliphatic heterocycles. The Kier molecular flexibility index (Phi) is 4.41. The summed E-state index contributed by atoms with van der Waals surface area (Å²) >= 11 is 0. The van der Waals surface area contributed by atoms with Crippen molar-refractivity contribution in [3.05, 3.63) is 12.2 Å². The van der Waals surface area contributed by atoms with Gasteiger partial charge in [0.1, 0.15) is 0 Å². The monoisotopic (exact) mass is 127 g/mol. The van der Waals surface area contributed by atoms with Crippen LogP contribution >= 0.6 is 0 Å². The Bertz CT molecular complexity index is 86.6. The molecule has 0 spiro atoms. The number of hydrogen-bond acceptors (Lipinski definition) is 1. The van der Waals surface area contributed by atoms with Gasteiger partial charge in [0.25, 0.3) is 0 Å². The van der Waals surface area contributed by atoms with Gasteiger partial charge in [-0.15, -0.1) is 0 Å². The highest BCUT2D eigenvalue weighted by atomic mass is 14.9. The molecular weight excluding hydrogens is 110 g/mol. The summed E-state index contributed by atoms with van der Waals surface area (Å²) in [4.78, 5) is 0. The second-order valence-corrected chi connectivity index (χ2v) is 2.08. The topological polar surface area (TPSA) is 12.0 Å². The van der Waals surface area contributed by atoms with E-state index >= 15 is 0 Å². The van der Waals surface area contributed by atoms with Crippen LogP contribution in [0.2, 0.25) is 0 Å². The maximum atomic E-state index is 3.87. The first-order valence-corrected chi connectivity index (χ1v) is 3.72. The fraction of sp³-hybridized carbons (Fsp3) is 0.750. The van der Waals surface area contributed by atoms with Gasteiger partial charge < -0.3 is 5.32 Å². The standard InChI is InChI=1S/C6H11N.C2H6/c1-5-3-4-7-6(5)2;1-2/h6-7H,1,3-4H2,2H3;1-2H3. The fourth-order valence-electron chi connectivity index (χ4n) is 0.810. The van der Waals surface area contributed by atoms with E-state index in [-0.39, 0.29) is 0 Å². The van der Waals surface area contributed by atoms with Crippen molar-refractivity contribution < 1.29 is 0 Å². The van der Waals surface area contributed by atoms with Crippen LogP contribution in [0.3, 0.4) is 0 Å². The largest absolute Gasteiger partial charge is 0.310 e. The van der Waals surface area contributed by atoms with Crippen LogP contribution in [0.25, 0.3) is 0 Å². The number of hydrogen-bond donors (Lipinski definition) is 1. The summed E-state index contributed by atoms with van der Waals surface area (Å²) in [5.41, 5.74) is 1.35. The molecule has 1 heteroatoms. The first-order chi connectivity index (χ1) is 4.30. The second-order valence-electron chi connectivity index (χ2n) is 2.08. The predicted molar refractivity (Wildman–Crippen MR) is 42.6 cm³/mol. The molecular formula is C8H17N. The second kappa shape index (κ2) is 4.57. The molecule has 0 aromatic rings. The van der Waals surface area contributed by atoms with Crippen molar-refractivity contribution >= 4 is 0 Å². The maximum absolute atomic E-state index is 3.87. The lowest BCUT2D eigenvalue weighted by atomic mass is 10.2. The Morgan fingerprint density at radius 1 is 1.56 bits per heavy atom. The van der Waals surface area contributed by atoms with E-state index in [0.717, 1.165) is 6.54 Å². The molecule has 1 atom stereocenters. The molecule has 0 aromatic heterocycles. The Labute approximate surface area is 58.2 Å². The highest BCUT2D eigenvalue weighted by Gasteiger charge is 2.10. The molecule has 54 valence electrons. The van der Waals surface area contributed by atoms with Crippen LogP contribution in [0.1, 0.15) is 27.2 Å². The Morgan fingerprint density at radius 2 is 2.11 bits per heavy atom. The third-order valence-corrected chi connectivity index (χ3v) is 1.51. The van der Waals surface area contributed by atoms with Crippen LogP contribution in [0.15, 0.2) is 12.2 Å². The number of rotatable bonds is 0. The molecule has 0 saturated carbocycles. The minimum absolute atomic E-state index is 0.569. The van der Waals surface area contributed by atoms with Crippen molar-refractivity contribution in [1.29, 1.82) is 0 Å². The Morgan fingerprint density at radius 3 is 2.22 bits per heavy atom. The molecule has 1 unspecified atom stereocenters.